The molecular weight excluding hydrogens is 272 g/mol. The average Bonchev–Trinajstić information content (AvgIpc) is 2.48. The van der Waals surface area contributed by atoms with E-state index in [2.05, 4.69) is 10.3 Å². The Bertz CT molecular complexity index is 544. The third kappa shape index (κ3) is 4.59. The number of pyridine rings is 1. The van der Waals surface area contributed by atoms with Crippen molar-refractivity contribution < 1.29 is 9.53 Å². The van der Waals surface area contributed by atoms with Gasteiger partial charge in [0.2, 0.25) is 5.91 Å². The number of aromatic nitrogens is 1. The van der Waals surface area contributed by atoms with Gasteiger partial charge in [0, 0.05) is 11.9 Å². The number of hydrogen-bond acceptors (Lipinski definition) is 4. The van der Waals surface area contributed by atoms with E-state index in [-0.39, 0.29) is 5.91 Å². The summed E-state index contributed by atoms with van der Waals surface area (Å²) in [4.78, 5) is 15.6. The molecule has 0 saturated heterocycles. The van der Waals surface area contributed by atoms with Crippen LogP contribution >= 0.6 is 11.8 Å². The summed E-state index contributed by atoms with van der Waals surface area (Å²) in [6.07, 6.45) is 3.64. The van der Waals surface area contributed by atoms with Gasteiger partial charge in [0.15, 0.2) is 0 Å². The SMILES string of the molecule is CSCC(=O)Nc1ccc(OCc2ccccn2)cc1. The molecule has 0 unspecified atom stereocenters. The van der Waals surface area contributed by atoms with Gasteiger partial charge in [-0.1, -0.05) is 6.07 Å². The lowest BCUT2D eigenvalue weighted by Gasteiger charge is -2.07. The van der Waals surface area contributed by atoms with Gasteiger partial charge in [-0.15, -0.1) is 0 Å². The summed E-state index contributed by atoms with van der Waals surface area (Å²) in [5.74, 6) is 1.20. The molecule has 1 aromatic heterocycles. The van der Waals surface area contributed by atoms with Gasteiger partial charge in [0.1, 0.15) is 12.4 Å². The van der Waals surface area contributed by atoms with Crippen molar-refractivity contribution in [3.05, 3.63) is 54.4 Å². The van der Waals surface area contributed by atoms with Crippen LogP contribution in [0.2, 0.25) is 0 Å². The highest BCUT2D eigenvalue weighted by atomic mass is 32.2. The fraction of sp³-hybridized carbons (Fsp3) is 0.200. The highest BCUT2D eigenvalue weighted by molar-refractivity contribution is 7.99. The van der Waals surface area contributed by atoms with Crippen molar-refractivity contribution >= 4 is 23.4 Å². The van der Waals surface area contributed by atoms with Crippen LogP contribution in [0, 0.1) is 0 Å². The number of anilines is 1. The molecule has 0 radical (unpaired) electrons. The first-order valence-corrected chi connectivity index (χ1v) is 7.59. The molecule has 20 heavy (non-hydrogen) atoms. The first kappa shape index (κ1) is 14.4. The van der Waals surface area contributed by atoms with Gasteiger partial charge in [-0.05, 0) is 42.7 Å². The molecule has 4 nitrogen and oxygen atoms in total. The molecular formula is C15H16N2O2S. The second-order valence-electron chi connectivity index (χ2n) is 4.12. The Labute approximate surface area is 122 Å². The minimum atomic E-state index is -0.000320. The third-order valence-corrected chi connectivity index (χ3v) is 3.08. The Morgan fingerprint density at radius 3 is 2.70 bits per heavy atom. The largest absolute Gasteiger partial charge is 0.487 e. The zero-order valence-corrected chi connectivity index (χ0v) is 12.0. The topological polar surface area (TPSA) is 51.2 Å². The molecule has 0 atom stereocenters. The number of nitrogens with one attached hydrogen (secondary N) is 1. The lowest BCUT2D eigenvalue weighted by Crippen LogP contribution is -2.13. The number of ether oxygens (including phenoxy) is 1. The lowest BCUT2D eigenvalue weighted by atomic mass is 10.3. The molecule has 0 bridgehead atoms. The van der Waals surface area contributed by atoms with Crippen molar-refractivity contribution in [1.82, 2.24) is 4.98 Å². The smallest absolute Gasteiger partial charge is 0.234 e. The zero-order chi connectivity index (χ0) is 14.2. The van der Waals surface area contributed by atoms with Crippen molar-refractivity contribution in [2.75, 3.05) is 17.3 Å². The van der Waals surface area contributed by atoms with E-state index in [9.17, 15) is 4.79 Å². The molecule has 104 valence electrons. The standard InChI is InChI=1S/C15H16N2O2S/c1-20-11-15(18)17-12-5-7-14(8-6-12)19-10-13-4-2-3-9-16-13/h2-9H,10-11H2,1H3,(H,17,18). The molecule has 1 aromatic carbocycles. The van der Waals surface area contributed by atoms with E-state index in [0.717, 1.165) is 17.1 Å². The van der Waals surface area contributed by atoms with Gasteiger partial charge in [-0.2, -0.15) is 11.8 Å². The zero-order valence-electron chi connectivity index (χ0n) is 11.2. The molecule has 2 rings (SSSR count). The summed E-state index contributed by atoms with van der Waals surface area (Å²) < 4.78 is 5.62. The van der Waals surface area contributed by atoms with Crippen molar-refractivity contribution in [2.45, 2.75) is 6.61 Å². The maximum Gasteiger partial charge on any atom is 0.234 e. The van der Waals surface area contributed by atoms with Gasteiger partial charge in [0.25, 0.3) is 0 Å². The Hall–Kier alpha value is -2.01. The molecule has 0 spiro atoms. The molecule has 2 aromatic rings. The van der Waals surface area contributed by atoms with E-state index in [1.807, 2.05) is 48.7 Å². The monoisotopic (exact) mass is 288 g/mol. The quantitative estimate of drug-likeness (QED) is 0.888. The van der Waals surface area contributed by atoms with Crippen LogP contribution in [0.3, 0.4) is 0 Å². The maximum absolute atomic E-state index is 11.4. The fourth-order valence-electron chi connectivity index (χ4n) is 1.60. The Morgan fingerprint density at radius 2 is 2.05 bits per heavy atom. The minimum Gasteiger partial charge on any atom is -0.487 e. The second kappa shape index (κ2) is 7.55. The van der Waals surface area contributed by atoms with Crippen molar-refractivity contribution in [3.8, 4) is 5.75 Å². The lowest BCUT2D eigenvalue weighted by molar-refractivity contribution is -0.113. The van der Waals surface area contributed by atoms with E-state index in [1.54, 1.807) is 6.20 Å². The summed E-state index contributed by atoms with van der Waals surface area (Å²) in [6.45, 7) is 0.430. The van der Waals surface area contributed by atoms with Gasteiger partial charge < -0.3 is 10.1 Å². The Balaban J connectivity index is 1.87. The van der Waals surface area contributed by atoms with Gasteiger partial charge in [-0.25, -0.2) is 0 Å². The van der Waals surface area contributed by atoms with Crippen LogP contribution in [0.4, 0.5) is 5.69 Å². The molecule has 1 amide bonds. The molecule has 0 aliphatic carbocycles. The number of amides is 1. The first-order chi connectivity index (χ1) is 9.78. The normalized spacial score (nSPS) is 10.1. The van der Waals surface area contributed by atoms with E-state index in [0.29, 0.717) is 12.4 Å². The Morgan fingerprint density at radius 1 is 1.25 bits per heavy atom. The van der Waals surface area contributed by atoms with E-state index in [4.69, 9.17) is 4.74 Å². The Kier molecular flexibility index (Phi) is 5.43. The van der Waals surface area contributed by atoms with E-state index >= 15 is 0 Å². The summed E-state index contributed by atoms with van der Waals surface area (Å²) in [5.41, 5.74) is 1.65. The predicted molar refractivity (Wildman–Crippen MR) is 82.0 cm³/mol. The second-order valence-corrected chi connectivity index (χ2v) is 4.98. The summed E-state index contributed by atoms with van der Waals surface area (Å²) in [5, 5.41) is 2.82. The van der Waals surface area contributed by atoms with Gasteiger partial charge in [0.05, 0.1) is 11.4 Å². The molecule has 1 N–H and O–H groups in total. The van der Waals surface area contributed by atoms with Crippen LogP contribution in [0.25, 0.3) is 0 Å². The highest BCUT2D eigenvalue weighted by Crippen LogP contribution is 2.16. The van der Waals surface area contributed by atoms with Crippen LogP contribution in [0.5, 0.6) is 5.75 Å². The van der Waals surface area contributed by atoms with Crippen molar-refractivity contribution in [3.63, 3.8) is 0 Å². The number of rotatable bonds is 6. The van der Waals surface area contributed by atoms with Crippen LogP contribution in [-0.2, 0) is 11.4 Å². The number of carbonyl (C=O) groups excluding carboxylic acids is 1. The summed E-state index contributed by atoms with van der Waals surface area (Å²) in [7, 11) is 0. The summed E-state index contributed by atoms with van der Waals surface area (Å²) >= 11 is 1.49. The summed E-state index contributed by atoms with van der Waals surface area (Å²) in [6, 6.07) is 13.0. The number of hydrogen-bond donors (Lipinski definition) is 1. The number of carbonyl (C=O) groups is 1. The molecule has 5 heteroatoms. The predicted octanol–water partition coefficient (Wildman–Crippen LogP) is 2.96. The van der Waals surface area contributed by atoms with Crippen LogP contribution < -0.4 is 10.1 Å². The number of benzene rings is 1. The number of nitrogens with zero attached hydrogens (tertiary/aromatic N) is 1. The first-order valence-electron chi connectivity index (χ1n) is 6.19. The third-order valence-electron chi connectivity index (χ3n) is 2.53. The van der Waals surface area contributed by atoms with E-state index < -0.39 is 0 Å². The fourth-order valence-corrected chi connectivity index (χ4v) is 1.94. The molecule has 0 aliphatic rings. The average molecular weight is 288 g/mol. The maximum atomic E-state index is 11.4. The van der Waals surface area contributed by atoms with E-state index in [1.165, 1.54) is 11.8 Å². The molecule has 0 aliphatic heterocycles. The number of thioether (sulfide) groups is 1. The van der Waals surface area contributed by atoms with Crippen LogP contribution in [-0.4, -0.2) is 22.9 Å². The molecule has 1 heterocycles. The molecule has 0 saturated carbocycles. The van der Waals surface area contributed by atoms with Gasteiger partial charge >= 0.3 is 0 Å². The van der Waals surface area contributed by atoms with Crippen molar-refractivity contribution in [2.24, 2.45) is 0 Å². The van der Waals surface area contributed by atoms with Crippen molar-refractivity contribution in [1.29, 1.82) is 0 Å². The van der Waals surface area contributed by atoms with Crippen LogP contribution in [0.15, 0.2) is 48.7 Å². The molecule has 0 fully saturated rings. The minimum absolute atomic E-state index is 0.000320. The van der Waals surface area contributed by atoms with Gasteiger partial charge in [-0.3, -0.25) is 9.78 Å². The highest BCUT2D eigenvalue weighted by Gasteiger charge is 2.01. The van der Waals surface area contributed by atoms with Crippen LogP contribution in [0.1, 0.15) is 5.69 Å².